The molecule has 5 rings (SSSR count). The number of furan rings is 1. The van der Waals surface area contributed by atoms with Crippen LogP contribution < -0.4 is 10.1 Å². The maximum absolute atomic E-state index is 12.4. The van der Waals surface area contributed by atoms with E-state index in [-0.39, 0.29) is 6.09 Å². The second-order valence-corrected chi connectivity index (χ2v) is 11.2. The van der Waals surface area contributed by atoms with Gasteiger partial charge >= 0.3 is 6.09 Å². The zero-order chi connectivity index (χ0) is 29.5. The molecule has 2 aromatic carbocycles. The van der Waals surface area contributed by atoms with Gasteiger partial charge in [0, 0.05) is 57.5 Å². The molecule has 0 aliphatic carbocycles. The summed E-state index contributed by atoms with van der Waals surface area (Å²) in [5, 5.41) is 4.36. The van der Waals surface area contributed by atoms with Crippen LogP contribution in [-0.4, -0.2) is 91.1 Å². The maximum Gasteiger partial charge on any atom is 0.410 e. The van der Waals surface area contributed by atoms with Crippen molar-refractivity contribution >= 4 is 23.0 Å². The number of piperazine rings is 1. The highest BCUT2D eigenvalue weighted by Crippen LogP contribution is 2.42. The lowest BCUT2D eigenvalue weighted by molar-refractivity contribution is 0.0148. The number of hydrogen-bond donors (Lipinski definition) is 1. The second-order valence-electron chi connectivity index (χ2n) is 11.2. The van der Waals surface area contributed by atoms with Crippen molar-refractivity contribution in [3.8, 4) is 28.2 Å². The average Bonchev–Trinajstić information content (AvgIpc) is 3.38. The number of fused-ring (bicyclic) bond motifs is 1. The van der Waals surface area contributed by atoms with Crippen LogP contribution in [0.3, 0.4) is 0 Å². The van der Waals surface area contributed by atoms with Crippen molar-refractivity contribution in [1.29, 1.82) is 0 Å². The Bertz CT molecular complexity index is 1460. The minimum absolute atomic E-state index is 0.249. The van der Waals surface area contributed by atoms with Gasteiger partial charge in [-0.1, -0.05) is 30.3 Å². The molecule has 10 nitrogen and oxygen atoms in total. The first kappa shape index (κ1) is 29.3. The van der Waals surface area contributed by atoms with Crippen LogP contribution in [0.4, 0.5) is 10.6 Å². The van der Waals surface area contributed by atoms with Gasteiger partial charge in [-0.3, -0.25) is 4.90 Å². The molecule has 1 saturated heterocycles. The van der Waals surface area contributed by atoms with E-state index in [9.17, 15) is 4.79 Å². The average molecular weight is 574 g/mol. The molecule has 1 amide bonds. The third-order valence-electron chi connectivity index (χ3n) is 6.97. The van der Waals surface area contributed by atoms with E-state index in [1.54, 1.807) is 12.0 Å². The van der Waals surface area contributed by atoms with Gasteiger partial charge in [-0.05, 0) is 50.6 Å². The van der Waals surface area contributed by atoms with E-state index in [1.165, 1.54) is 6.33 Å². The summed E-state index contributed by atoms with van der Waals surface area (Å²) in [6.45, 7) is 11.0. The molecule has 1 aliphatic heterocycles. The van der Waals surface area contributed by atoms with Gasteiger partial charge in [0.1, 0.15) is 35.9 Å². The number of carbonyl (C=O) groups excluding carboxylic acids is 1. The summed E-state index contributed by atoms with van der Waals surface area (Å²) < 4.78 is 22.7. The maximum atomic E-state index is 12.4. The number of aromatic nitrogens is 2. The summed E-state index contributed by atoms with van der Waals surface area (Å²) in [4.78, 5) is 25.6. The lowest BCUT2D eigenvalue weighted by Gasteiger charge is -2.35. The van der Waals surface area contributed by atoms with E-state index in [2.05, 4.69) is 32.3 Å². The number of carbonyl (C=O) groups is 1. The number of benzene rings is 2. The van der Waals surface area contributed by atoms with Crippen molar-refractivity contribution in [1.82, 2.24) is 19.8 Å². The summed E-state index contributed by atoms with van der Waals surface area (Å²) >= 11 is 0. The van der Waals surface area contributed by atoms with Gasteiger partial charge in [0.15, 0.2) is 0 Å². The van der Waals surface area contributed by atoms with E-state index in [1.807, 2.05) is 63.2 Å². The number of nitrogens with zero attached hydrogens (tertiary/aromatic N) is 4. The molecular weight excluding hydrogens is 534 g/mol. The van der Waals surface area contributed by atoms with Gasteiger partial charge in [-0.15, -0.1) is 0 Å². The summed E-state index contributed by atoms with van der Waals surface area (Å²) in [6, 6.07) is 18.0. The highest BCUT2D eigenvalue weighted by atomic mass is 16.6. The summed E-state index contributed by atoms with van der Waals surface area (Å²) in [5.74, 6) is 2.21. The zero-order valence-electron chi connectivity index (χ0n) is 24.8. The molecule has 0 radical (unpaired) electrons. The Hall–Kier alpha value is -4.15. The first-order chi connectivity index (χ1) is 20.3. The Morgan fingerprint density at radius 2 is 1.69 bits per heavy atom. The van der Waals surface area contributed by atoms with E-state index < -0.39 is 5.60 Å². The SMILES string of the molecule is COCCOc1ccc(-c2oc3ncnc(NCCN4CCN(C(=O)OC(C)(C)C)CC4)c3c2-c2ccccc2)cc1. The van der Waals surface area contributed by atoms with Crippen molar-refractivity contribution in [3.05, 3.63) is 60.9 Å². The predicted molar refractivity (Wildman–Crippen MR) is 163 cm³/mol. The summed E-state index contributed by atoms with van der Waals surface area (Å²) in [5.41, 5.74) is 2.90. The van der Waals surface area contributed by atoms with Crippen molar-refractivity contribution in [2.45, 2.75) is 26.4 Å². The summed E-state index contributed by atoms with van der Waals surface area (Å²) in [6.07, 6.45) is 1.28. The van der Waals surface area contributed by atoms with Crippen LogP contribution in [0.5, 0.6) is 5.75 Å². The smallest absolute Gasteiger partial charge is 0.410 e. The van der Waals surface area contributed by atoms with Crippen molar-refractivity contribution in [3.63, 3.8) is 0 Å². The molecule has 0 saturated carbocycles. The van der Waals surface area contributed by atoms with Gasteiger partial charge in [0.05, 0.1) is 12.0 Å². The molecule has 0 spiro atoms. The molecule has 3 heterocycles. The van der Waals surface area contributed by atoms with Gasteiger partial charge in [0.25, 0.3) is 0 Å². The van der Waals surface area contributed by atoms with Crippen molar-refractivity contribution < 1.29 is 23.4 Å². The van der Waals surface area contributed by atoms with Crippen molar-refractivity contribution in [2.24, 2.45) is 0 Å². The molecule has 1 N–H and O–H groups in total. The van der Waals surface area contributed by atoms with Gasteiger partial charge in [0.2, 0.25) is 5.71 Å². The lowest BCUT2D eigenvalue weighted by atomic mass is 9.99. The Labute approximate surface area is 246 Å². The van der Waals surface area contributed by atoms with Crippen LogP contribution in [0.2, 0.25) is 0 Å². The highest BCUT2D eigenvalue weighted by molar-refractivity contribution is 6.05. The fourth-order valence-electron chi connectivity index (χ4n) is 4.91. The minimum atomic E-state index is -0.492. The Morgan fingerprint density at radius 1 is 0.952 bits per heavy atom. The molecule has 10 heteroatoms. The van der Waals surface area contributed by atoms with E-state index in [4.69, 9.17) is 18.6 Å². The monoisotopic (exact) mass is 573 g/mol. The number of methoxy groups -OCH3 is 1. The quantitative estimate of drug-likeness (QED) is 0.245. The first-order valence-corrected chi connectivity index (χ1v) is 14.3. The number of anilines is 1. The number of hydrogen-bond acceptors (Lipinski definition) is 9. The zero-order valence-corrected chi connectivity index (χ0v) is 24.8. The number of ether oxygens (including phenoxy) is 3. The molecule has 0 unspecified atom stereocenters. The molecular formula is C32H39N5O5. The third kappa shape index (κ3) is 7.18. The molecule has 1 fully saturated rings. The molecule has 1 aliphatic rings. The van der Waals surface area contributed by atoms with Crippen molar-refractivity contribution in [2.75, 3.05) is 64.9 Å². The van der Waals surface area contributed by atoms with E-state index in [0.29, 0.717) is 38.6 Å². The fourth-order valence-corrected chi connectivity index (χ4v) is 4.91. The third-order valence-corrected chi connectivity index (χ3v) is 6.97. The number of nitrogens with one attached hydrogen (secondary N) is 1. The largest absolute Gasteiger partial charge is 0.491 e. The fraction of sp³-hybridized carbons (Fsp3) is 0.406. The Morgan fingerprint density at radius 3 is 2.38 bits per heavy atom. The van der Waals surface area contributed by atoms with Crippen LogP contribution in [0.25, 0.3) is 33.6 Å². The normalized spacial score (nSPS) is 14.2. The lowest BCUT2D eigenvalue weighted by Crippen LogP contribution is -2.50. The van der Waals surface area contributed by atoms with E-state index in [0.717, 1.165) is 59.0 Å². The number of amides is 1. The predicted octanol–water partition coefficient (Wildman–Crippen LogP) is 5.55. The summed E-state index contributed by atoms with van der Waals surface area (Å²) in [7, 11) is 1.65. The number of rotatable bonds is 10. The van der Waals surface area contributed by atoms with Crippen LogP contribution >= 0.6 is 0 Å². The van der Waals surface area contributed by atoms with Gasteiger partial charge < -0.3 is 28.8 Å². The first-order valence-electron chi connectivity index (χ1n) is 14.3. The molecule has 4 aromatic rings. The highest BCUT2D eigenvalue weighted by Gasteiger charge is 2.26. The van der Waals surface area contributed by atoms with Crippen LogP contribution in [0.1, 0.15) is 20.8 Å². The standard InChI is InChI=1S/C32H39N5O5/c1-32(2,3)42-31(38)37-18-16-36(17-19-37)15-14-33-29-27-26(23-8-6-5-7-9-23)28(41-30(27)35-22-34-29)24-10-12-25(13-11-24)40-21-20-39-4/h5-13,22H,14-21H2,1-4H3,(H,33,34,35). The van der Waals surface area contributed by atoms with Gasteiger partial charge in [-0.25, -0.2) is 14.8 Å². The van der Waals surface area contributed by atoms with Crippen LogP contribution in [0.15, 0.2) is 65.3 Å². The molecule has 0 atom stereocenters. The minimum Gasteiger partial charge on any atom is -0.491 e. The topological polar surface area (TPSA) is 102 Å². The molecule has 2 aromatic heterocycles. The van der Waals surface area contributed by atoms with Crippen LogP contribution in [0, 0.1) is 0 Å². The molecule has 222 valence electrons. The van der Waals surface area contributed by atoms with Gasteiger partial charge in [-0.2, -0.15) is 0 Å². The molecule has 0 bridgehead atoms. The Balaban J connectivity index is 1.32. The van der Waals surface area contributed by atoms with E-state index >= 15 is 0 Å². The Kier molecular flexibility index (Phi) is 9.24. The molecule has 42 heavy (non-hydrogen) atoms. The van der Waals surface area contributed by atoms with Crippen LogP contribution in [-0.2, 0) is 9.47 Å². The second kappa shape index (κ2) is 13.2.